The zero-order valence-electron chi connectivity index (χ0n) is 14.3. The third-order valence-corrected chi connectivity index (χ3v) is 5.59. The Kier molecular flexibility index (Phi) is 5.97. The fourth-order valence-electron chi connectivity index (χ4n) is 2.82. The lowest BCUT2D eigenvalue weighted by Crippen LogP contribution is -2.52. The van der Waals surface area contributed by atoms with Gasteiger partial charge < -0.3 is 15.0 Å². The van der Waals surface area contributed by atoms with Gasteiger partial charge in [-0.2, -0.15) is 0 Å². The number of carbonyl (C=O) groups is 1. The third-order valence-electron chi connectivity index (χ3n) is 4.17. The van der Waals surface area contributed by atoms with Crippen LogP contribution < -0.4 is 10.0 Å². The molecule has 2 rings (SSSR count). The molecule has 8 heteroatoms. The molecule has 2 N–H and O–H groups in total. The van der Waals surface area contributed by atoms with Crippen molar-refractivity contribution in [1.29, 1.82) is 0 Å². The summed E-state index contributed by atoms with van der Waals surface area (Å²) in [4.78, 5) is 13.4. The lowest BCUT2D eigenvalue weighted by Gasteiger charge is -2.28. The summed E-state index contributed by atoms with van der Waals surface area (Å²) < 4.78 is 32.8. The molecule has 1 aromatic carbocycles. The van der Waals surface area contributed by atoms with Gasteiger partial charge in [0.2, 0.25) is 10.0 Å². The maximum absolute atomic E-state index is 12.5. The first-order valence-corrected chi connectivity index (χ1v) is 9.33. The van der Waals surface area contributed by atoms with Crippen LogP contribution in [0.3, 0.4) is 0 Å². The molecule has 0 aliphatic carbocycles. The highest BCUT2D eigenvalue weighted by molar-refractivity contribution is 7.89. The Bertz CT molecular complexity index is 665. The molecule has 1 amide bonds. The first-order valence-electron chi connectivity index (χ1n) is 7.85. The molecule has 7 nitrogen and oxygen atoms in total. The molecule has 0 bridgehead atoms. The van der Waals surface area contributed by atoms with Gasteiger partial charge >= 0.3 is 0 Å². The summed E-state index contributed by atoms with van der Waals surface area (Å²) >= 11 is 0. The van der Waals surface area contributed by atoms with E-state index >= 15 is 0 Å². The number of benzene rings is 1. The van der Waals surface area contributed by atoms with E-state index in [1.54, 1.807) is 21.2 Å². The summed E-state index contributed by atoms with van der Waals surface area (Å²) in [5, 5.41) is 3.33. The normalized spacial score (nSPS) is 21.0. The topological polar surface area (TPSA) is 87.7 Å². The van der Waals surface area contributed by atoms with E-state index in [-0.39, 0.29) is 22.9 Å². The van der Waals surface area contributed by atoms with Gasteiger partial charge in [0.05, 0.1) is 17.0 Å². The molecule has 0 aromatic heterocycles. The molecule has 0 spiro atoms. The second-order valence-corrected chi connectivity index (χ2v) is 8.06. The van der Waals surface area contributed by atoms with Crippen LogP contribution in [0.15, 0.2) is 29.2 Å². The van der Waals surface area contributed by atoms with Gasteiger partial charge in [-0.3, -0.25) is 4.79 Å². The molecule has 24 heavy (non-hydrogen) atoms. The van der Waals surface area contributed by atoms with Crippen LogP contribution in [0, 0.1) is 0 Å². The third kappa shape index (κ3) is 4.32. The van der Waals surface area contributed by atoms with E-state index in [1.807, 2.05) is 0 Å². The Morgan fingerprint density at radius 1 is 1.33 bits per heavy atom. The Balaban J connectivity index is 2.08. The fourth-order valence-corrected chi connectivity index (χ4v) is 3.95. The van der Waals surface area contributed by atoms with Crippen molar-refractivity contribution in [3.05, 3.63) is 29.8 Å². The highest BCUT2D eigenvalue weighted by Gasteiger charge is 2.34. The molecule has 1 heterocycles. The van der Waals surface area contributed by atoms with Gasteiger partial charge in [0, 0.05) is 33.3 Å². The smallest absolute Gasteiger partial charge is 0.253 e. The van der Waals surface area contributed by atoms with Gasteiger partial charge in [-0.15, -0.1) is 0 Å². The zero-order valence-corrected chi connectivity index (χ0v) is 15.1. The maximum Gasteiger partial charge on any atom is 0.253 e. The van der Waals surface area contributed by atoms with Crippen LogP contribution in [0.4, 0.5) is 0 Å². The molecule has 0 saturated carbocycles. The van der Waals surface area contributed by atoms with Gasteiger partial charge in [0.15, 0.2) is 0 Å². The standard InChI is InChI=1S/C16H25N3O4S/c1-19(2)15(20)13-5-7-14(8-6-13)24(21,22)18-11-16(12-23-3)9-4-10-17-16/h5-8,17-18H,4,9-12H2,1-3H3. The number of rotatable bonds is 7. The van der Waals surface area contributed by atoms with Crippen molar-refractivity contribution in [2.45, 2.75) is 23.3 Å². The molecule has 1 unspecified atom stereocenters. The number of amides is 1. The van der Waals surface area contributed by atoms with E-state index < -0.39 is 10.0 Å². The number of ether oxygens (including phenoxy) is 1. The molecule has 0 radical (unpaired) electrons. The molecule has 1 atom stereocenters. The molecule has 1 aromatic rings. The van der Waals surface area contributed by atoms with Crippen molar-refractivity contribution in [3.8, 4) is 0 Å². The molecule has 1 aliphatic heterocycles. The van der Waals surface area contributed by atoms with Crippen LogP contribution in [-0.2, 0) is 14.8 Å². The van der Waals surface area contributed by atoms with E-state index in [2.05, 4.69) is 10.0 Å². The maximum atomic E-state index is 12.5. The summed E-state index contributed by atoms with van der Waals surface area (Å²) in [6.07, 6.45) is 1.85. The minimum absolute atomic E-state index is 0.142. The quantitative estimate of drug-likeness (QED) is 0.741. The number of nitrogens with zero attached hydrogens (tertiary/aromatic N) is 1. The van der Waals surface area contributed by atoms with E-state index in [1.165, 1.54) is 29.2 Å². The zero-order chi connectivity index (χ0) is 17.8. The monoisotopic (exact) mass is 355 g/mol. The Hall–Kier alpha value is -1.48. The second-order valence-electron chi connectivity index (χ2n) is 6.29. The highest BCUT2D eigenvalue weighted by Crippen LogP contribution is 2.20. The lowest BCUT2D eigenvalue weighted by molar-refractivity contribution is 0.0827. The van der Waals surface area contributed by atoms with Crippen LogP contribution in [-0.4, -0.2) is 65.7 Å². The van der Waals surface area contributed by atoms with E-state index in [0.717, 1.165) is 19.4 Å². The molecule has 1 fully saturated rings. The van der Waals surface area contributed by atoms with Gasteiger partial charge in [0.25, 0.3) is 5.91 Å². The van der Waals surface area contributed by atoms with Gasteiger partial charge in [0.1, 0.15) is 0 Å². The molecule has 1 aliphatic rings. The number of carbonyl (C=O) groups excluding carboxylic acids is 1. The summed E-state index contributed by atoms with van der Waals surface area (Å²) in [5.41, 5.74) is 0.0927. The number of nitrogens with one attached hydrogen (secondary N) is 2. The summed E-state index contributed by atoms with van der Waals surface area (Å²) in [6, 6.07) is 5.94. The summed E-state index contributed by atoms with van der Waals surface area (Å²) in [7, 11) is 1.27. The Morgan fingerprint density at radius 2 is 2.00 bits per heavy atom. The van der Waals surface area contributed by atoms with Crippen molar-refractivity contribution in [1.82, 2.24) is 14.9 Å². The van der Waals surface area contributed by atoms with Gasteiger partial charge in [-0.1, -0.05) is 0 Å². The van der Waals surface area contributed by atoms with Crippen molar-refractivity contribution in [3.63, 3.8) is 0 Å². The molecule has 134 valence electrons. The largest absolute Gasteiger partial charge is 0.383 e. The Morgan fingerprint density at radius 3 is 2.50 bits per heavy atom. The molecular formula is C16H25N3O4S. The van der Waals surface area contributed by atoms with Crippen LogP contribution in [0.1, 0.15) is 23.2 Å². The average molecular weight is 355 g/mol. The lowest BCUT2D eigenvalue weighted by atomic mass is 9.99. The average Bonchev–Trinajstić information content (AvgIpc) is 3.02. The van der Waals surface area contributed by atoms with Crippen LogP contribution in [0.2, 0.25) is 0 Å². The van der Waals surface area contributed by atoms with E-state index in [0.29, 0.717) is 12.2 Å². The predicted molar refractivity (Wildman–Crippen MR) is 91.5 cm³/mol. The minimum Gasteiger partial charge on any atom is -0.383 e. The van der Waals surface area contributed by atoms with Crippen molar-refractivity contribution >= 4 is 15.9 Å². The van der Waals surface area contributed by atoms with Crippen LogP contribution in [0.25, 0.3) is 0 Å². The summed E-state index contributed by atoms with van der Waals surface area (Å²) in [6.45, 7) is 1.57. The summed E-state index contributed by atoms with van der Waals surface area (Å²) in [5.74, 6) is -0.166. The number of sulfonamides is 1. The molecule has 1 saturated heterocycles. The first kappa shape index (κ1) is 18.9. The molecular weight excluding hydrogens is 330 g/mol. The van der Waals surface area contributed by atoms with Crippen molar-refractivity contribution in [2.75, 3.05) is 40.9 Å². The van der Waals surface area contributed by atoms with E-state index in [9.17, 15) is 13.2 Å². The van der Waals surface area contributed by atoms with Crippen LogP contribution >= 0.6 is 0 Å². The highest BCUT2D eigenvalue weighted by atomic mass is 32.2. The van der Waals surface area contributed by atoms with E-state index in [4.69, 9.17) is 4.74 Å². The minimum atomic E-state index is -3.64. The first-order chi connectivity index (χ1) is 11.3. The fraction of sp³-hybridized carbons (Fsp3) is 0.562. The predicted octanol–water partition coefficient (Wildman–Crippen LogP) is 0.435. The number of methoxy groups -OCH3 is 1. The number of hydrogen-bond acceptors (Lipinski definition) is 5. The SMILES string of the molecule is COCC1(CNS(=O)(=O)c2ccc(C(=O)N(C)C)cc2)CCCN1. The second kappa shape index (κ2) is 7.60. The van der Waals surface area contributed by atoms with Crippen LogP contribution in [0.5, 0.6) is 0 Å². The van der Waals surface area contributed by atoms with Gasteiger partial charge in [-0.05, 0) is 43.7 Å². The van der Waals surface area contributed by atoms with Crippen molar-refractivity contribution in [2.24, 2.45) is 0 Å². The van der Waals surface area contributed by atoms with Gasteiger partial charge in [-0.25, -0.2) is 13.1 Å². The van der Waals surface area contributed by atoms with Crippen molar-refractivity contribution < 1.29 is 17.9 Å². The Labute approximate surface area is 143 Å². The number of hydrogen-bond donors (Lipinski definition) is 2.